The van der Waals surface area contributed by atoms with Gasteiger partial charge in [-0.1, -0.05) is 12.1 Å². The number of benzene rings is 1. The molecule has 0 bridgehead atoms. The maximum atomic E-state index is 5.92. The third-order valence-electron chi connectivity index (χ3n) is 3.39. The van der Waals surface area contributed by atoms with Gasteiger partial charge in [0.25, 0.3) is 0 Å². The van der Waals surface area contributed by atoms with Crippen LogP contribution in [0.25, 0.3) is 11.0 Å². The van der Waals surface area contributed by atoms with Crippen molar-refractivity contribution >= 4 is 11.0 Å². The third-order valence-corrected chi connectivity index (χ3v) is 3.39. The average Bonchev–Trinajstić information content (AvgIpc) is 2.97. The van der Waals surface area contributed by atoms with Crippen LogP contribution in [0.1, 0.15) is 24.4 Å². The van der Waals surface area contributed by atoms with Gasteiger partial charge in [-0.25, -0.2) is 0 Å². The number of hydrogen-bond acceptors (Lipinski definition) is 5. The number of rotatable bonds is 5. The Balaban J connectivity index is 1.77. The summed E-state index contributed by atoms with van der Waals surface area (Å²) in [4.78, 5) is 0. The van der Waals surface area contributed by atoms with Gasteiger partial charge in [0.15, 0.2) is 11.3 Å². The number of methoxy groups -OCH3 is 1. The van der Waals surface area contributed by atoms with Crippen molar-refractivity contribution in [3.63, 3.8) is 0 Å². The zero-order valence-electron chi connectivity index (χ0n) is 12.0. The van der Waals surface area contributed by atoms with E-state index >= 15 is 0 Å². The van der Waals surface area contributed by atoms with E-state index in [-0.39, 0.29) is 6.04 Å². The van der Waals surface area contributed by atoms with E-state index in [0.717, 1.165) is 28.2 Å². The Kier molecular flexibility index (Phi) is 3.83. The molecule has 3 rings (SSSR count). The number of para-hydroxylation sites is 1. The van der Waals surface area contributed by atoms with E-state index in [1.54, 1.807) is 13.3 Å². The van der Waals surface area contributed by atoms with Gasteiger partial charge in [-0.2, -0.15) is 10.2 Å². The molecule has 1 aromatic carbocycles. The van der Waals surface area contributed by atoms with Gasteiger partial charge in [0.1, 0.15) is 5.76 Å². The summed E-state index contributed by atoms with van der Waals surface area (Å²) in [5.74, 6) is 1.62. The van der Waals surface area contributed by atoms with E-state index in [9.17, 15) is 0 Å². The molecule has 1 N–H and O–H groups in total. The normalized spacial score (nSPS) is 12.5. The molecule has 0 amide bonds. The SMILES string of the molecule is COc1cccc2cc(C(C)NCc3cccnn3)oc12. The summed E-state index contributed by atoms with van der Waals surface area (Å²) >= 11 is 0. The Bertz CT molecular complexity index is 725. The monoisotopic (exact) mass is 283 g/mol. The van der Waals surface area contributed by atoms with Crippen LogP contribution in [0.4, 0.5) is 0 Å². The van der Waals surface area contributed by atoms with E-state index in [1.165, 1.54) is 0 Å². The predicted octanol–water partition coefficient (Wildman–Crippen LogP) is 3.08. The molecule has 0 fully saturated rings. The first-order valence-corrected chi connectivity index (χ1v) is 6.84. The van der Waals surface area contributed by atoms with Crippen molar-refractivity contribution in [2.45, 2.75) is 19.5 Å². The molecule has 0 radical (unpaired) electrons. The number of hydrogen-bond donors (Lipinski definition) is 1. The molecule has 0 spiro atoms. The molecule has 0 aliphatic carbocycles. The first-order valence-electron chi connectivity index (χ1n) is 6.84. The van der Waals surface area contributed by atoms with Crippen LogP contribution in [0.3, 0.4) is 0 Å². The summed E-state index contributed by atoms with van der Waals surface area (Å²) in [5.41, 5.74) is 1.68. The molecule has 2 aromatic heterocycles. The summed E-state index contributed by atoms with van der Waals surface area (Å²) in [6, 6.07) is 11.8. The Morgan fingerprint density at radius 2 is 2.19 bits per heavy atom. The summed E-state index contributed by atoms with van der Waals surface area (Å²) in [5, 5.41) is 12.3. The van der Waals surface area contributed by atoms with E-state index < -0.39 is 0 Å². The van der Waals surface area contributed by atoms with Crippen molar-refractivity contribution < 1.29 is 9.15 Å². The minimum absolute atomic E-state index is 0.0733. The highest BCUT2D eigenvalue weighted by Gasteiger charge is 2.13. The van der Waals surface area contributed by atoms with Gasteiger partial charge in [-0.15, -0.1) is 0 Å². The van der Waals surface area contributed by atoms with Crippen LogP contribution < -0.4 is 10.1 Å². The molecule has 2 heterocycles. The van der Waals surface area contributed by atoms with Crippen LogP contribution in [0.2, 0.25) is 0 Å². The molecule has 0 aliphatic heterocycles. The second-order valence-corrected chi connectivity index (χ2v) is 4.84. The Morgan fingerprint density at radius 3 is 2.95 bits per heavy atom. The maximum absolute atomic E-state index is 5.92. The van der Waals surface area contributed by atoms with Gasteiger partial charge in [-0.05, 0) is 31.2 Å². The lowest BCUT2D eigenvalue weighted by Gasteiger charge is -2.10. The predicted molar refractivity (Wildman–Crippen MR) is 80.1 cm³/mol. The molecular formula is C16H17N3O2. The number of nitrogens with one attached hydrogen (secondary N) is 1. The quantitative estimate of drug-likeness (QED) is 0.779. The largest absolute Gasteiger partial charge is 0.493 e. The van der Waals surface area contributed by atoms with Crippen LogP contribution in [-0.4, -0.2) is 17.3 Å². The molecule has 21 heavy (non-hydrogen) atoms. The van der Waals surface area contributed by atoms with E-state index in [1.807, 2.05) is 36.4 Å². The summed E-state index contributed by atoms with van der Waals surface area (Å²) < 4.78 is 11.2. The summed E-state index contributed by atoms with van der Waals surface area (Å²) in [6.07, 6.45) is 1.67. The third kappa shape index (κ3) is 2.87. The van der Waals surface area contributed by atoms with Gasteiger partial charge in [0, 0.05) is 18.1 Å². The average molecular weight is 283 g/mol. The molecular weight excluding hydrogens is 266 g/mol. The highest BCUT2D eigenvalue weighted by atomic mass is 16.5. The molecule has 1 atom stereocenters. The Hall–Kier alpha value is -2.40. The second kappa shape index (κ2) is 5.93. The van der Waals surface area contributed by atoms with Crippen LogP contribution in [0.15, 0.2) is 47.0 Å². The lowest BCUT2D eigenvalue weighted by molar-refractivity contribution is 0.399. The number of aromatic nitrogens is 2. The highest BCUT2D eigenvalue weighted by molar-refractivity contribution is 5.83. The molecule has 0 saturated heterocycles. The second-order valence-electron chi connectivity index (χ2n) is 4.84. The maximum Gasteiger partial charge on any atom is 0.176 e. The molecule has 108 valence electrons. The van der Waals surface area contributed by atoms with Crippen LogP contribution in [-0.2, 0) is 6.54 Å². The Labute approximate surface area is 122 Å². The zero-order chi connectivity index (χ0) is 14.7. The molecule has 1 unspecified atom stereocenters. The van der Waals surface area contributed by atoms with Gasteiger partial charge in [-0.3, -0.25) is 0 Å². The van der Waals surface area contributed by atoms with Crippen molar-refractivity contribution in [1.82, 2.24) is 15.5 Å². The number of fused-ring (bicyclic) bond motifs is 1. The fourth-order valence-corrected chi connectivity index (χ4v) is 2.22. The van der Waals surface area contributed by atoms with Gasteiger partial charge in [0.05, 0.1) is 18.8 Å². The van der Waals surface area contributed by atoms with Gasteiger partial charge in [0.2, 0.25) is 0 Å². The topological polar surface area (TPSA) is 60.2 Å². The summed E-state index contributed by atoms with van der Waals surface area (Å²) in [6.45, 7) is 2.70. The van der Waals surface area contributed by atoms with E-state index in [2.05, 4.69) is 22.4 Å². The highest BCUT2D eigenvalue weighted by Crippen LogP contribution is 2.30. The molecule has 3 aromatic rings. The van der Waals surface area contributed by atoms with Crippen LogP contribution >= 0.6 is 0 Å². The fourth-order valence-electron chi connectivity index (χ4n) is 2.22. The molecule has 5 nitrogen and oxygen atoms in total. The first kappa shape index (κ1) is 13.6. The fraction of sp³-hybridized carbons (Fsp3) is 0.250. The van der Waals surface area contributed by atoms with Gasteiger partial charge >= 0.3 is 0 Å². The van der Waals surface area contributed by atoms with E-state index in [0.29, 0.717) is 6.54 Å². The first-order chi connectivity index (χ1) is 10.3. The Morgan fingerprint density at radius 1 is 1.29 bits per heavy atom. The lowest BCUT2D eigenvalue weighted by Crippen LogP contribution is -2.18. The number of furan rings is 1. The molecule has 0 saturated carbocycles. The van der Waals surface area contributed by atoms with Gasteiger partial charge < -0.3 is 14.5 Å². The smallest absolute Gasteiger partial charge is 0.176 e. The van der Waals surface area contributed by atoms with Crippen molar-refractivity contribution in [3.8, 4) is 5.75 Å². The minimum atomic E-state index is 0.0733. The van der Waals surface area contributed by atoms with Crippen LogP contribution in [0.5, 0.6) is 5.75 Å². The lowest BCUT2D eigenvalue weighted by atomic mass is 10.2. The van der Waals surface area contributed by atoms with Crippen molar-refractivity contribution in [3.05, 3.63) is 54.0 Å². The summed E-state index contributed by atoms with van der Waals surface area (Å²) in [7, 11) is 1.65. The molecule has 5 heteroatoms. The molecule has 0 aliphatic rings. The number of nitrogens with zero attached hydrogens (tertiary/aromatic N) is 2. The standard InChI is InChI=1S/C16H17N3O2/c1-11(17-10-13-6-4-8-18-19-13)15-9-12-5-3-7-14(20-2)16(12)21-15/h3-9,11,17H,10H2,1-2H3. The number of ether oxygens (including phenoxy) is 1. The minimum Gasteiger partial charge on any atom is -0.493 e. The van der Waals surface area contributed by atoms with Crippen molar-refractivity contribution in [2.75, 3.05) is 7.11 Å². The van der Waals surface area contributed by atoms with Crippen molar-refractivity contribution in [2.24, 2.45) is 0 Å². The van der Waals surface area contributed by atoms with E-state index in [4.69, 9.17) is 9.15 Å². The van der Waals surface area contributed by atoms with Crippen LogP contribution in [0, 0.1) is 0 Å². The zero-order valence-corrected chi connectivity index (χ0v) is 12.0. The van der Waals surface area contributed by atoms with Crippen molar-refractivity contribution in [1.29, 1.82) is 0 Å².